The van der Waals surface area contributed by atoms with E-state index in [1.807, 2.05) is 18.4 Å². The van der Waals surface area contributed by atoms with E-state index in [1.54, 1.807) is 6.33 Å². The minimum atomic E-state index is -0.150. The average molecular weight is 321 g/mol. The minimum absolute atomic E-state index is 0.150. The van der Waals surface area contributed by atoms with Crippen LogP contribution in [0.4, 0.5) is 5.95 Å². The van der Waals surface area contributed by atoms with Crippen molar-refractivity contribution in [2.75, 3.05) is 11.1 Å². The minimum Gasteiger partial charge on any atom is -0.306 e. The highest BCUT2D eigenvalue weighted by Crippen LogP contribution is 2.34. The molecule has 0 atom stereocenters. The lowest BCUT2D eigenvalue weighted by Crippen LogP contribution is -2.16. The molecule has 9 heteroatoms. The molecule has 22 heavy (non-hydrogen) atoms. The lowest BCUT2D eigenvalue weighted by atomic mass is 9.85. The number of carbonyl (C=O) groups is 1. The summed E-state index contributed by atoms with van der Waals surface area (Å²) < 4.78 is 1.93. The molecule has 2 aromatic heterocycles. The average Bonchev–Trinajstić information content (AvgIpc) is 3.03. The second-order valence-electron chi connectivity index (χ2n) is 5.62. The van der Waals surface area contributed by atoms with Crippen LogP contribution in [-0.2, 0) is 4.79 Å². The maximum absolute atomic E-state index is 12.0. The van der Waals surface area contributed by atoms with Gasteiger partial charge in [0.2, 0.25) is 11.9 Å². The molecule has 2 heterocycles. The molecule has 0 unspecified atom stereocenters. The van der Waals surface area contributed by atoms with Gasteiger partial charge < -0.3 is 4.57 Å². The van der Waals surface area contributed by atoms with Crippen LogP contribution in [0, 0.1) is 0 Å². The van der Waals surface area contributed by atoms with Crippen molar-refractivity contribution >= 4 is 23.6 Å². The second-order valence-corrected chi connectivity index (χ2v) is 6.57. The van der Waals surface area contributed by atoms with Gasteiger partial charge in [-0.25, -0.2) is 0 Å². The fourth-order valence-electron chi connectivity index (χ4n) is 2.17. The predicted octanol–water partition coefficient (Wildman–Crippen LogP) is 1.98. The highest BCUT2D eigenvalue weighted by Gasteiger charge is 2.23. The molecule has 0 aromatic carbocycles. The first-order valence-electron chi connectivity index (χ1n) is 7.38. The highest BCUT2D eigenvalue weighted by atomic mass is 32.2. The molecule has 118 valence electrons. The van der Waals surface area contributed by atoms with E-state index in [0.717, 1.165) is 23.8 Å². The van der Waals surface area contributed by atoms with Crippen molar-refractivity contribution in [3.63, 3.8) is 0 Å². The third-order valence-corrected chi connectivity index (χ3v) is 4.63. The van der Waals surface area contributed by atoms with Crippen molar-refractivity contribution in [3.05, 3.63) is 12.2 Å². The van der Waals surface area contributed by atoms with E-state index in [2.05, 4.69) is 30.7 Å². The summed E-state index contributed by atoms with van der Waals surface area (Å²) in [6.07, 6.45) is 5.19. The smallest absolute Gasteiger partial charge is 0.248 e. The van der Waals surface area contributed by atoms with Gasteiger partial charge in [0.25, 0.3) is 0 Å². The summed E-state index contributed by atoms with van der Waals surface area (Å²) in [5.74, 6) is 1.78. The SMILES string of the molecule is CC(C)n1cnnc1SCC(=O)Nc1n[nH]c(C2CCC2)n1. The van der Waals surface area contributed by atoms with Crippen molar-refractivity contribution < 1.29 is 4.79 Å². The summed E-state index contributed by atoms with van der Waals surface area (Å²) in [6, 6.07) is 0.263. The van der Waals surface area contributed by atoms with Crippen LogP contribution in [0.25, 0.3) is 0 Å². The molecule has 3 rings (SSSR count). The van der Waals surface area contributed by atoms with Crippen LogP contribution in [0.3, 0.4) is 0 Å². The number of H-pyrrole nitrogens is 1. The van der Waals surface area contributed by atoms with Crippen LogP contribution in [-0.4, -0.2) is 41.6 Å². The third kappa shape index (κ3) is 3.29. The Balaban J connectivity index is 1.51. The molecule has 0 saturated heterocycles. The summed E-state index contributed by atoms with van der Waals surface area (Å²) in [4.78, 5) is 16.3. The summed E-state index contributed by atoms with van der Waals surface area (Å²) in [5, 5.41) is 18.3. The predicted molar refractivity (Wildman–Crippen MR) is 82.7 cm³/mol. The van der Waals surface area contributed by atoms with Gasteiger partial charge in [0.05, 0.1) is 5.75 Å². The van der Waals surface area contributed by atoms with Gasteiger partial charge in [0.15, 0.2) is 5.16 Å². The van der Waals surface area contributed by atoms with E-state index in [4.69, 9.17) is 0 Å². The van der Waals surface area contributed by atoms with Crippen molar-refractivity contribution in [3.8, 4) is 0 Å². The normalized spacial score (nSPS) is 15.0. The standard InChI is InChI=1S/C13H19N7OS/c1-8(2)20-7-14-19-13(20)22-6-10(21)15-12-16-11(17-18-12)9-4-3-5-9/h7-9H,3-6H2,1-2H3,(H2,15,16,17,18,21). The van der Waals surface area contributed by atoms with Crippen LogP contribution in [0.15, 0.2) is 11.5 Å². The molecule has 2 N–H and O–H groups in total. The van der Waals surface area contributed by atoms with Crippen LogP contribution in [0.2, 0.25) is 0 Å². The molecule has 1 saturated carbocycles. The van der Waals surface area contributed by atoms with Gasteiger partial charge in [-0.2, -0.15) is 4.98 Å². The number of hydrogen-bond donors (Lipinski definition) is 2. The molecule has 8 nitrogen and oxygen atoms in total. The lowest BCUT2D eigenvalue weighted by molar-refractivity contribution is -0.113. The Hall–Kier alpha value is -1.90. The molecular formula is C13H19N7OS. The zero-order chi connectivity index (χ0) is 15.5. The van der Waals surface area contributed by atoms with Crippen molar-refractivity contribution in [2.45, 2.75) is 50.2 Å². The van der Waals surface area contributed by atoms with Gasteiger partial charge in [-0.05, 0) is 26.7 Å². The van der Waals surface area contributed by atoms with Crippen LogP contribution < -0.4 is 5.32 Å². The number of nitrogens with zero attached hydrogens (tertiary/aromatic N) is 5. The van der Waals surface area contributed by atoms with E-state index >= 15 is 0 Å². The first-order valence-corrected chi connectivity index (χ1v) is 8.36. The third-order valence-electron chi connectivity index (χ3n) is 3.67. The monoisotopic (exact) mass is 321 g/mol. The van der Waals surface area contributed by atoms with Gasteiger partial charge in [-0.15, -0.1) is 15.3 Å². The number of nitrogens with one attached hydrogen (secondary N) is 2. The number of aromatic nitrogens is 6. The van der Waals surface area contributed by atoms with Crippen LogP contribution in [0.5, 0.6) is 0 Å². The lowest BCUT2D eigenvalue weighted by Gasteiger charge is -2.22. The summed E-state index contributed by atoms with van der Waals surface area (Å²) in [7, 11) is 0. The number of hydrogen-bond acceptors (Lipinski definition) is 6. The van der Waals surface area contributed by atoms with Crippen molar-refractivity contribution in [1.29, 1.82) is 0 Å². The van der Waals surface area contributed by atoms with Crippen LogP contribution >= 0.6 is 11.8 Å². The fraction of sp³-hybridized carbons (Fsp3) is 0.615. The van der Waals surface area contributed by atoms with Crippen molar-refractivity contribution in [2.24, 2.45) is 0 Å². The van der Waals surface area contributed by atoms with E-state index < -0.39 is 0 Å². The molecule has 0 aliphatic heterocycles. The van der Waals surface area contributed by atoms with Crippen molar-refractivity contribution in [1.82, 2.24) is 29.9 Å². The number of amides is 1. The van der Waals surface area contributed by atoms with Gasteiger partial charge in [0.1, 0.15) is 12.2 Å². The summed E-state index contributed by atoms with van der Waals surface area (Å²) >= 11 is 1.35. The first-order chi connectivity index (χ1) is 10.6. The number of rotatable bonds is 6. The fourth-order valence-corrected chi connectivity index (χ4v) is 3.02. The Kier molecular flexibility index (Phi) is 4.41. The van der Waals surface area contributed by atoms with Gasteiger partial charge in [-0.1, -0.05) is 18.2 Å². The van der Waals surface area contributed by atoms with Gasteiger partial charge in [0, 0.05) is 12.0 Å². The topological polar surface area (TPSA) is 101 Å². The Morgan fingerprint density at radius 2 is 2.36 bits per heavy atom. The van der Waals surface area contributed by atoms with Crippen LogP contribution in [0.1, 0.15) is 50.9 Å². The molecule has 1 fully saturated rings. The summed E-state index contributed by atoms with van der Waals surface area (Å²) in [6.45, 7) is 4.09. The quantitative estimate of drug-likeness (QED) is 0.789. The summed E-state index contributed by atoms with van der Waals surface area (Å²) in [5.41, 5.74) is 0. The Bertz CT molecular complexity index is 646. The Labute approximate surface area is 132 Å². The largest absolute Gasteiger partial charge is 0.306 e. The van der Waals surface area contributed by atoms with E-state index in [-0.39, 0.29) is 17.7 Å². The molecule has 0 bridgehead atoms. The maximum atomic E-state index is 12.0. The number of aromatic amines is 1. The highest BCUT2D eigenvalue weighted by molar-refractivity contribution is 7.99. The first kappa shape index (κ1) is 15.0. The molecule has 2 aromatic rings. The number of carbonyl (C=O) groups excluding carboxylic acids is 1. The maximum Gasteiger partial charge on any atom is 0.248 e. The number of thioether (sulfide) groups is 1. The van der Waals surface area contributed by atoms with Gasteiger partial charge >= 0.3 is 0 Å². The molecular weight excluding hydrogens is 302 g/mol. The molecule has 1 aliphatic carbocycles. The molecule has 0 spiro atoms. The Morgan fingerprint density at radius 3 is 3.05 bits per heavy atom. The van der Waals surface area contributed by atoms with E-state index in [1.165, 1.54) is 18.2 Å². The van der Waals surface area contributed by atoms with Gasteiger partial charge in [-0.3, -0.25) is 15.2 Å². The Morgan fingerprint density at radius 1 is 1.55 bits per heavy atom. The van der Waals surface area contributed by atoms with E-state index in [0.29, 0.717) is 11.9 Å². The van der Waals surface area contributed by atoms with E-state index in [9.17, 15) is 4.79 Å². The number of anilines is 1. The zero-order valence-electron chi connectivity index (χ0n) is 12.6. The molecule has 1 amide bonds. The zero-order valence-corrected chi connectivity index (χ0v) is 13.4. The molecule has 1 aliphatic rings. The molecule has 0 radical (unpaired) electrons. The second kappa shape index (κ2) is 6.47.